The number of rotatable bonds is 12. The molecule has 4 heteroatoms. The minimum atomic E-state index is -0.998. The first-order valence-electron chi connectivity index (χ1n) is 14.6. The summed E-state index contributed by atoms with van der Waals surface area (Å²) in [5.74, 6) is -0.0998. The maximum atomic E-state index is 11.5. The van der Waals surface area contributed by atoms with E-state index in [4.69, 9.17) is 9.47 Å². The molecule has 3 aromatic carbocycles. The highest BCUT2D eigenvalue weighted by atomic mass is 16.5. The van der Waals surface area contributed by atoms with E-state index in [2.05, 4.69) is 101 Å². The van der Waals surface area contributed by atoms with Gasteiger partial charge in [-0.2, -0.15) is 0 Å². The lowest BCUT2D eigenvalue weighted by Crippen LogP contribution is -2.36. The van der Waals surface area contributed by atoms with E-state index in [-0.39, 0.29) is 29.5 Å². The number of unbranched alkanes of at least 4 members (excludes halogenated alkanes) is 2. The van der Waals surface area contributed by atoms with E-state index < -0.39 is 12.6 Å². The third-order valence-electron chi connectivity index (χ3n) is 8.48. The fourth-order valence-corrected chi connectivity index (χ4v) is 6.04. The third-order valence-corrected chi connectivity index (χ3v) is 8.48. The number of ether oxygens (including phenoxy) is 2. The van der Waals surface area contributed by atoms with Crippen molar-refractivity contribution in [1.82, 2.24) is 0 Å². The molecule has 0 bridgehead atoms. The van der Waals surface area contributed by atoms with Gasteiger partial charge in [0, 0.05) is 22.8 Å². The summed E-state index contributed by atoms with van der Waals surface area (Å²) >= 11 is 0. The van der Waals surface area contributed by atoms with Gasteiger partial charge in [-0.25, -0.2) is 4.79 Å². The predicted octanol–water partition coefficient (Wildman–Crippen LogP) is 8.86. The van der Waals surface area contributed by atoms with Gasteiger partial charge < -0.3 is 14.6 Å². The van der Waals surface area contributed by atoms with E-state index in [1.54, 1.807) is 0 Å². The molecule has 3 aromatic rings. The third kappa shape index (κ3) is 6.85. The number of carboxylic acids is 1. The normalized spacial score (nSPS) is 21.1. The second kappa shape index (κ2) is 13.3. The van der Waals surface area contributed by atoms with Crippen molar-refractivity contribution in [1.29, 1.82) is 0 Å². The Morgan fingerprint density at radius 3 is 2.30 bits per heavy atom. The highest BCUT2D eigenvalue weighted by Crippen LogP contribution is 2.50. The van der Waals surface area contributed by atoms with E-state index in [1.165, 1.54) is 17.5 Å². The Labute approximate surface area is 240 Å². The lowest BCUT2D eigenvalue weighted by molar-refractivity contribution is -0.139. The molecule has 4 nitrogen and oxygen atoms in total. The minimum absolute atomic E-state index is 0.0488. The molecule has 1 N–H and O–H groups in total. The van der Waals surface area contributed by atoms with Crippen LogP contribution in [0.4, 0.5) is 0 Å². The minimum Gasteiger partial charge on any atom is -0.482 e. The van der Waals surface area contributed by atoms with Crippen LogP contribution in [0, 0.1) is 5.92 Å². The van der Waals surface area contributed by atoms with Crippen LogP contribution in [0.25, 0.3) is 0 Å². The molecular formula is C36H44O4. The summed E-state index contributed by atoms with van der Waals surface area (Å²) in [7, 11) is 0. The summed E-state index contributed by atoms with van der Waals surface area (Å²) in [5, 5.41) is 9.40. The summed E-state index contributed by atoms with van der Waals surface area (Å²) in [6, 6.07) is 27.3. The van der Waals surface area contributed by atoms with Crippen molar-refractivity contribution in [2.75, 3.05) is 6.61 Å². The van der Waals surface area contributed by atoms with Gasteiger partial charge >= 0.3 is 5.97 Å². The molecule has 1 aliphatic heterocycles. The average Bonchev–Trinajstić information content (AvgIpc) is 2.96. The number of aliphatic carboxylic acids is 1. The number of carboxylic acid groups (broad SMARTS) is 1. The lowest BCUT2D eigenvalue weighted by atomic mass is 9.73. The highest BCUT2D eigenvalue weighted by molar-refractivity contribution is 5.68. The Morgan fingerprint density at radius 1 is 1.00 bits per heavy atom. The van der Waals surface area contributed by atoms with Crippen LogP contribution in [0.15, 0.2) is 91.0 Å². The molecular weight excluding hydrogens is 496 g/mol. The molecule has 0 radical (unpaired) electrons. The fourth-order valence-electron chi connectivity index (χ4n) is 6.04. The molecule has 212 valence electrons. The molecule has 1 saturated heterocycles. The first kappa shape index (κ1) is 29.6. The largest absolute Gasteiger partial charge is 0.482 e. The van der Waals surface area contributed by atoms with Gasteiger partial charge in [-0.15, -0.1) is 0 Å². The predicted molar refractivity (Wildman–Crippen MR) is 162 cm³/mol. The second-order valence-corrected chi connectivity index (χ2v) is 11.7. The second-order valence-electron chi connectivity index (χ2n) is 11.7. The Kier molecular flexibility index (Phi) is 9.86. The smallest absolute Gasteiger partial charge is 0.341 e. The van der Waals surface area contributed by atoms with Gasteiger partial charge in [0.05, 0.1) is 12.2 Å². The van der Waals surface area contributed by atoms with Gasteiger partial charge in [-0.3, -0.25) is 0 Å². The van der Waals surface area contributed by atoms with Gasteiger partial charge in [0.1, 0.15) is 5.75 Å². The van der Waals surface area contributed by atoms with Crippen LogP contribution >= 0.6 is 0 Å². The summed E-state index contributed by atoms with van der Waals surface area (Å²) in [6.07, 6.45) is 5.11. The van der Waals surface area contributed by atoms with Crippen molar-refractivity contribution in [2.24, 2.45) is 5.92 Å². The number of hydrogen-bond acceptors (Lipinski definition) is 3. The molecule has 0 saturated carbocycles. The average molecular weight is 541 g/mol. The van der Waals surface area contributed by atoms with Gasteiger partial charge in [0.15, 0.2) is 6.61 Å². The molecule has 0 amide bonds. The van der Waals surface area contributed by atoms with Crippen LogP contribution in [-0.4, -0.2) is 23.8 Å². The van der Waals surface area contributed by atoms with Crippen LogP contribution in [0.1, 0.15) is 94.1 Å². The maximum Gasteiger partial charge on any atom is 0.341 e. The Balaban J connectivity index is 1.79. The first-order chi connectivity index (χ1) is 19.2. The zero-order valence-electron chi connectivity index (χ0n) is 24.4. The van der Waals surface area contributed by atoms with Crippen LogP contribution in [-0.2, 0) is 14.9 Å². The summed E-state index contributed by atoms with van der Waals surface area (Å²) in [6.45, 7) is 12.7. The van der Waals surface area contributed by atoms with Gasteiger partial charge in [-0.05, 0) is 48.6 Å². The summed E-state index contributed by atoms with van der Waals surface area (Å²) in [4.78, 5) is 11.5. The quantitative estimate of drug-likeness (QED) is 0.184. The zero-order chi connectivity index (χ0) is 28.7. The molecule has 4 atom stereocenters. The number of hydrogen-bond donors (Lipinski definition) is 1. The molecule has 1 fully saturated rings. The Morgan fingerprint density at radius 2 is 1.68 bits per heavy atom. The molecule has 0 aromatic heterocycles. The van der Waals surface area contributed by atoms with E-state index in [1.807, 2.05) is 12.1 Å². The Bertz CT molecular complexity index is 1260. The highest BCUT2D eigenvalue weighted by Gasteiger charge is 2.41. The van der Waals surface area contributed by atoms with Crippen molar-refractivity contribution in [3.63, 3.8) is 0 Å². The monoisotopic (exact) mass is 540 g/mol. The van der Waals surface area contributed by atoms with Gasteiger partial charge in [0.25, 0.3) is 0 Å². The summed E-state index contributed by atoms with van der Waals surface area (Å²) < 4.78 is 13.0. The molecule has 1 aliphatic rings. The van der Waals surface area contributed by atoms with E-state index >= 15 is 0 Å². The van der Waals surface area contributed by atoms with Crippen molar-refractivity contribution < 1.29 is 19.4 Å². The molecule has 0 spiro atoms. The molecule has 0 unspecified atom stereocenters. The Hall–Kier alpha value is -3.37. The topological polar surface area (TPSA) is 55.8 Å². The standard InChI is InChI=1S/C36H44O4/c1-6-7-10-19-33-30(26-15-11-8-12-16-26)23-29(25(2)3)35(40-33)31-22-28(20-21-32(31)39-24-34(37)38)36(4,5)27-17-13-9-14-18-27/h8-9,11-18,20-22,29-30,33,35H,2,6-7,10,19,23-24H2,1,3-5H3,(H,37,38)/t29-,30-,33+,35+/m1/s1. The molecule has 4 rings (SSSR count). The number of carbonyl (C=O) groups is 1. The molecule has 0 aliphatic carbocycles. The van der Waals surface area contributed by atoms with E-state index in [9.17, 15) is 9.90 Å². The van der Waals surface area contributed by atoms with Crippen LogP contribution in [0.3, 0.4) is 0 Å². The van der Waals surface area contributed by atoms with Crippen LogP contribution in [0.2, 0.25) is 0 Å². The fraction of sp³-hybridized carbons (Fsp3) is 0.417. The van der Waals surface area contributed by atoms with Crippen molar-refractivity contribution in [3.8, 4) is 5.75 Å². The first-order valence-corrected chi connectivity index (χ1v) is 14.6. The van der Waals surface area contributed by atoms with Crippen molar-refractivity contribution in [3.05, 3.63) is 113 Å². The SMILES string of the molecule is C=C(C)[C@H]1C[C@H](c2ccccc2)[C@H](CCCCC)O[C@@H]1c1cc(C(C)(C)c2ccccc2)ccc1OCC(=O)O. The lowest BCUT2D eigenvalue weighted by Gasteiger charge is -2.43. The van der Waals surface area contributed by atoms with Crippen molar-refractivity contribution in [2.45, 2.75) is 83.3 Å². The van der Waals surface area contributed by atoms with Gasteiger partial charge in [0.2, 0.25) is 0 Å². The zero-order valence-corrected chi connectivity index (χ0v) is 24.4. The van der Waals surface area contributed by atoms with Crippen LogP contribution < -0.4 is 4.74 Å². The van der Waals surface area contributed by atoms with E-state index in [0.717, 1.165) is 42.4 Å². The molecule has 40 heavy (non-hydrogen) atoms. The van der Waals surface area contributed by atoms with Gasteiger partial charge in [-0.1, -0.05) is 119 Å². The van der Waals surface area contributed by atoms with E-state index in [0.29, 0.717) is 5.75 Å². The van der Waals surface area contributed by atoms with Crippen LogP contribution in [0.5, 0.6) is 5.75 Å². The number of benzene rings is 3. The summed E-state index contributed by atoms with van der Waals surface area (Å²) in [5.41, 5.74) is 5.35. The molecule has 1 heterocycles. The maximum absolute atomic E-state index is 11.5. The van der Waals surface area contributed by atoms with Crippen molar-refractivity contribution >= 4 is 5.97 Å².